The smallest absolute Gasteiger partial charge is 0.119 e. The van der Waals surface area contributed by atoms with E-state index < -0.39 is 0 Å². The third kappa shape index (κ3) is 1.90. The Morgan fingerprint density at radius 3 is 1.64 bits per heavy atom. The lowest BCUT2D eigenvalue weighted by atomic mass is 9.95. The van der Waals surface area contributed by atoms with Crippen LogP contribution in [0.25, 0.3) is 11.1 Å². The van der Waals surface area contributed by atoms with Crippen molar-refractivity contribution in [3.05, 3.63) is 24.3 Å². The van der Waals surface area contributed by atoms with Gasteiger partial charge in [-0.15, -0.1) is 0 Å². The SMILES string of the molecule is CCCC=O.c1cc2ccc1-2. The molecule has 0 spiro atoms. The Balaban J connectivity index is 0.000000114. The fourth-order valence-electron chi connectivity index (χ4n) is 0.781. The van der Waals surface area contributed by atoms with Crippen LogP contribution in [0.15, 0.2) is 24.3 Å². The minimum absolute atomic E-state index is 0.708. The maximum absolute atomic E-state index is 9.40. The molecule has 0 saturated heterocycles. The van der Waals surface area contributed by atoms with Crippen molar-refractivity contribution in [2.24, 2.45) is 0 Å². The highest BCUT2D eigenvalue weighted by Gasteiger charge is 2.03. The van der Waals surface area contributed by atoms with Crippen molar-refractivity contribution >= 4 is 6.29 Å². The average molecular weight is 148 g/mol. The largest absolute Gasteiger partial charge is 0.303 e. The second-order valence-corrected chi connectivity index (χ2v) is 2.53. The van der Waals surface area contributed by atoms with E-state index in [1.54, 1.807) is 0 Å². The van der Waals surface area contributed by atoms with Crippen LogP contribution >= 0.6 is 0 Å². The Morgan fingerprint density at radius 2 is 1.64 bits per heavy atom. The number of fused-ring (bicyclic) bond motifs is 1. The van der Waals surface area contributed by atoms with Crippen molar-refractivity contribution in [1.82, 2.24) is 0 Å². The highest BCUT2D eigenvalue weighted by Crippen LogP contribution is 2.29. The summed E-state index contributed by atoms with van der Waals surface area (Å²) in [4.78, 5) is 9.40. The van der Waals surface area contributed by atoms with Gasteiger partial charge in [0.05, 0.1) is 0 Å². The summed E-state index contributed by atoms with van der Waals surface area (Å²) in [6.07, 6.45) is 2.61. The van der Waals surface area contributed by atoms with Gasteiger partial charge in [-0.25, -0.2) is 0 Å². The van der Waals surface area contributed by atoms with Crippen molar-refractivity contribution in [2.75, 3.05) is 0 Å². The molecule has 0 heterocycles. The van der Waals surface area contributed by atoms with Gasteiger partial charge in [0.15, 0.2) is 0 Å². The molecule has 0 aliphatic heterocycles. The second kappa shape index (κ2) is 3.91. The number of unbranched alkanes of at least 4 members (excludes halogenated alkanes) is 1. The van der Waals surface area contributed by atoms with Crippen molar-refractivity contribution in [2.45, 2.75) is 19.8 Å². The van der Waals surface area contributed by atoms with Crippen LogP contribution in [0.1, 0.15) is 19.8 Å². The first-order valence-electron chi connectivity index (χ1n) is 3.92. The first-order valence-corrected chi connectivity index (χ1v) is 3.92. The van der Waals surface area contributed by atoms with E-state index >= 15 is 0 Å². The van der Waals surface area contributed by atoms with E-state index in [0.29, 0.717) is 6.42 Å². The van der Waals surface area contributed by atoms with Crippen LogP contribution in [-0.4, -0.2) is 6.29 Å². The van der Waals surface area contributed by atoms with Crippen molar-refractivity contribution in [3.63, 3.8) is 0 Å². The van der Waals surface area contributed by atoms with Crippen LogP contribution < -0.4 is 0 Å². The molecule has 0 amide bonds. The lowest BCUT2D eigenvalue weighted by Gasteiger charge is -2.10. The van der Waals surface area contributed by atoms with Gasteiger partial charge in [-0.3, -0.25) is 0 Å². The predicted octanol–water partition coefficient (Wildman–Crippen LogP) is 2.65. The molecule has 1 nitrogen and oxygen atoms in total. The number of rotatable bonds is 2. The van der Waals surface area contributed by atoms with Gasteiger partial charge in [-0.1, -0.05) is 31.2 Å². The quantitative estimate of drug-likeness (QED) is 0.598. The Labute approximate surface area is 67.1 Å². The van der Waals surface area contributed by atoms with Crippen molar-refractivity contribution in [3.8, 4) is 11.1 Å². The van der Waals surface area contributed by atoms with Crippen LogP contribution in [0.4, 0.5) is 0 Å². The number of carbonyl (C=O) groups excluding carboxylic acids is 1. The maximum Gasteiger partial charge on any atom is 0.119 e. The number of aldehydes is 1. The fourth-order valence-corrected chi connectivity index (χ4v) is 0.781. The highest BCUT2D eigenvalue weighted by molar-refractivity contribution is 5.75. The molecule has 0 N–H and O–H groups in total. The van der Waals surface area contributed by atoms with E-state index in [1.807, 2.05) is 6.92 Å². The Kier molecular flexibility index (Phi) is 2.84. The molecule has 0 unspecified atom stereocenters. The summed E-state index contributed by atoms with van der Waals surface area (Å²) in [6.45, 7) is 1.98. The van der Waals surface area contributed by atoms with Gasteiger partial charge < -0.3 is 4.79 Å². The van der Waals surface area contributed by atoms with E-state index in [9.17, 15) is 4.79 Å². The first-order chi connectivity index (χ1) is 5.38. The molecule has 0 aromatic rings. The molecule has 0 atom stereocenters. The number of hydrogen-bond donors (Lipinski definition) is 0. The molecular weight excluding hydrogens is 136 g/mol. The van der Waals surface area contributed by atoms with Crippen LogP contribution in [0.3, 0.4) is 0 Å². The summed E-state index contributed by atoms with van der Waals surface area (Å²) in [5.74, 6) is 0. The van der Waals surface area contributed by atoms with Gasteiger partial charge in [-0.2, -0.15) is 0 Å². The summed E-state index contributed by atoms with van der Waals surface area (Å²) >= 11 is 0. The minimum Gasteiger partial charge on any atom is -0.303 e. The normalized spacial score (nSPS) is 9.55. The molecule has 2 aliphatic carbocycles. The van der Waals surface area contributed by atoms with Crippen molar-refractivity contribution in [1.29, 1.82) is 0 Å². The standard InChI is InChI=1S/C6H4.C4H8O/c1-2-6-4-3-5(1)6;1-2-3-4-5/h1-4H;4H,2-3H2,1H3. The molecule has 0 radical (unpaired) electrons. The molecule has 0 bridgehead atoms. The fraction of sp³-hybridized carbons (Fsp3) is 0.300. The van der Waals surface area contributed by atoms with Crippen LogP contribution in [0.5, 0.6) is 0 Å². The van der Waals surface area contributed by atoms with Crippen LogP contribution in [-0.2, 0) is 4.79 Å². The van der Waals surface area contributed by atoms with Crippen molar-refractivity contribution < 1.29 is 4.79 Å². The summed E-state index contributed by atoms with van der Waals surface area (Å²) in [6, 6.07) is 8.48. The zero-order valence-electron chi connectivity index (χ0n) is 6.71. The zero-order chi connectivity index (χ0) is 8.10. The number of hydrogen-bond acceptors (Lipinski definition) is 1. The lowest BCUT2D eigenvalue weighted by molar-refractivity contribution is -0.107. The van der Waals surface area contributed by atoms with Gasteiger partial charge in [0.25, 0.3) is 0 Å². The molecule has 0 saturated carbocycles. The summed E-state index contributed by atoms with van der Waals surface area (Å²) in [5, 5.41) is 0. The summed E-state index contributed by atoms with van der Waals surface area (Å²) in [5.41, 5.74) is 2.85. The van der Waals surface area contributed by atoms with E-state index in [4.69, 9.17) is 0 Å². The topological polar surface area (TPSA) is 17.1 Å². The molecule has 11 heavy (non-hydrogen) atoms. The second-order valence-electron chi connectivity index (χ2n) is 2.53. The Bertz CT molecular complexity index is 202. The molecule has 0 aromatic heterocycles. The molecule has 2 rings (SSSR count). The third-order valence-corrected chi connectivity index (χ3v) is 1.62. The Hall–Kier alpha value is -1.11. The van der Waals surface area contributed by atoms with Gasteiger partial charge in [0.2, 0.25) is 0 Å². The van der Waals surface area contributed by atoms with Gasteiger partial charge in [-0.05, 0) is 17.5 Å². The summed E-state index contributed by atoms with van der Waals surface area (Å²) in [7, 11) is 0. The molecule has 1 heteroatoms. The van der Waals surface area contributed by atoms with E-state index in [0.717, 1.165) is 12.7 Å². The highest BCUT2D eigenvalue weighted by atomic mass is 16.1. The van der Waals surface area contributed by atoms with E-state index in [-0.39, 0.29) is 0 Å². The lowest BCUT2D eigenvalue weighted by Crippen LogP contribution is -1.85. The predicted molar refractivity (Wildman–Crippen MR) is 46.4 cm³/mol. The van der Waals surface area contributed by atoms with Gasteiger partial charge >= 0.3 is 0 Å². The molecule has 2 aliphatic rings. The molecular formula is C10H12O. The maximum atomic E-state index is 9.40. The van der Waals surface area contributed by atoms with Crippen LogP contribution in [0.2, 0.25) is 0 Å². The number of carbonyl (C=O) groups is 1. The first kappa shape index (κ1) is 7.99. The number of benzene rings is 1. The molecule has 0 aromatic carbocycles. The molecule has 58 valence electrons. The van der Waals surface area contributed by atoms with Crippen LogP contribution in [0, 0.1) is 0 Å². The van der Waals surface area contributed by atoms with Gasteiger partial charge in [0, 0.05) is 6.42 Å². The van der Waals surface area contributed by atoms with E-state index in [1.165, 1.54) is 11.1 Å². The van der Waals surface area contributed by atoms with Gasteiger partial charge in [0.1, 0.15) is 6.29 Å². The summed E-state index contributed by atoms with van der Waals surface area (Å²) < 4.78 is 0. The minimum atomic E-state index is 0.708. The third-order valence-electron chi connectivity index (χ3n) is 1.62. The monoisotopic (exact) mass is 148 g/mol. The molecule has 0 fully saturated rings. The Morgan fingerprint density at radius 1 is 1.18 bits per heavy atom. The average Bonchev–Trinajstić information content (AvgIpc) is 2.00. The zero-order valence-corrected chi connectivity index (χ0v) is 6.71. The van der Waals surface area contributed by atoms with E-state index in [2.05, 4.69) is 24.3 Å².